The average Bonchev–Trinajstić information content (AvgIpc) is 2.29. The summed E-state index contributed by atoms with van der Waals surface area (Å²) < 4.78 is 13.7. The Balaban J connectivity index is 2.96. The molecule has 0 saturated carbocycles. The lowest BCUT2D eigenvalue weighted by atomic mass is 10.1. The molecule has 110 valence electrons. The first-order valence-corrected chi connectivity index (χ1v) is 6.66. The van der Waals surface area contributed by atoms with Gasteiger partial charge in [-0.05, 0) is 54.9 Å². The van der Waals surface area contributed by atoms with Crippen molar-refractivity contribution in [2.45, 2.75) is 26.3 Å². The average molecular weight is 347 g/mol. The zero-order chi connectivity index (χ0) is 15.5. The van der Waals surface area contributed by atoms with E-state index >= 15 is 0 Å². The van der Waals surface area contributed by atoms with Gasteiger partial charge in [-0.1, -0.05) is 0 Å². The second-order valence-corrected chi connectivity index (χ2v) is 6.06. The molecule has 0 aliphatic carbocycles. The van der Waals surface area contributed by atoms with Crippen LogP contribution < -0.4 is 5.32 Å². The molecule has 1 aromatic rings. The van der Waals surface area contributed by atoms with Crippen LogP contribution >= 0.6 is 15.9 Å². The molecular formula is C13H16BrFN2O3. The smallest absolute Gasteiger partial charge is 0.323 e. The molecule has 0 bridgehead atoms. The third-order valence-corrected chi connectivity index (χ3v) is 3.21. The predicted molar refractivity (Wildman–Crippen MR) is 77.2 cm³/mol. The van der Waals surface area contributed by atoms with Gasteiger partial charge in [0, 0.05) is 10.0 Å². The Bertz CT molecular complexity index is 529. The van der Waals surface area contributed by atoms with Crippen molar-refractivity contribution in [1.82, 2.24) is 4.90 Å². The Morgan fingerprint density at radius 3 is 2.50 bits per heavy atom. The van der Waals surface area contributed by atoms with Crippen molar-refractivity contribution < 1.29 is 19.1 Å². The summed E-state index contributed by atoms with van der Waals surface area (Å²) in [6.45, 7) is 4.71. The Labute approximate surface area is 124 Å². The molecule has 0 radical (unpaired) electrons. The second kappa shape index (κ2) is 6.21. The van der Waals surface area contributed by atoms with E-state index in [1.54, 1.807) is 20.8 Å². The molecule has 0 fully saturated rings. The van der Waals surface area contributed by atoms with Gasteiger partial charge in [-0.3, -0.25) is 4.79 Å². The lowest BCUT2D eigenvalue weighted by molar-refractivity contribution is -0.138. The van der Waals surface area contributed by atoms with Crippen molar-refractivity contribution in [2.24, 2.45) is 0 Å². The van der Waals surface area contributed by atoms with E-state index in [1.165, 1.54) is 12.1 Å². The number of hydrogen-bond acceptors (Lipinski definition) is 2. The molecule has 0 aromatic heterocycles. The molecule has 0 unspecified atom stereocenters. The van der Waals surface area contributed by atoms with Crippen molar-refractivity contribution in [3.63, 3.8) is 0 Å². The van der Waals surface area contributed by atoms with E-state index in [4.69, 9.17) is 5.11 Å². The zero-order valence-corrected chi connectivity index (χ0v) is 13.0. The van der Waals surface area contributed by atoms with Gasteiger partial charge in [-0.15, -0.1) is 0 Å². The molecule has 0 aliphatic heterocycles. The SMILES string of the molecule is CC(C)(C)N(CC(=O)O)C(=O)Nc1cc(F)ccc1Br. The van der Waals surface area contributed by atoms with Crippen molar-refractivity contribution >= 4 is 33.6 Å². The lowest BCUT2D eigenvalue weighted by Crippen LogP contribution is -2.50. The number of amides is 2. The fourth-order valence-electron chi connectivity index (χ4n) is 1.52. The van der Waals surface area contributed by atoms with Crippen LogP contribution in [-0.2, 0) is 4.79 Å². The fraction of sp³-hybridized carbons (Fsp3) is 0.385. The summed E-state index contributed by atoms with van der Waals surface area (Å²) >= 11 is 3.19. The Morgan fingerprint density at radius 2 is 2.00 bits per heavy atom. The molecule has 0 saturated heterocycles. The van der Waals surface area contributed by atoms with Crippen LogP contribution in [0.5, 0.6) is 0 Å². The summed E-state index contributed by atoms with van der Waals surface area (Å²) in [6.07, 6.45) is 0. The lowest BCUT2D eigenvalue weighted by Gasteiger charge is -2.34. The number of aliphatic carboxylic acids is 1. The van der Waals surface area contributed by atoms with Gasteiger partial charge in [0.25, 0.3) is 0 Å². The third kappa shape index (κ3) is 4.48. The molecule has 5 nitrogen and oxygen atoms in total. The van der Waals surface area contributed by atoms with Crippen molar-refractivity contribution in [3.8, 4) is 0 Å². The van der Waals surface area contributed by atoms with Crippen molar-refractivity contribution in [2.75, 3.05) is 11.9 Å². The van der Waals surface area contributed by atoms with Crippen molar-refractivity contribution in [3.05, 3.63) is 28.5 Å². The summed E-state index contributed by atoms with van der Waals surface area (Å²) in [5, 5.41) is 11.4. The number of benzene rings is 1. The van der Waals surface area contributed by atoms with Crippen LogP contribution in [0.25, 0.3) is 0 Å². The first-order chi connectivity index (χ1) is 9.11. The fourth-order valence-corrected chi connectivity index (χ4v) is 1.87. The van der Waals surface area contributed by atoms with Gasteiger partial charge in [-0.2, -0.15) is 0 Å². The van der Waals surface area contributed by atoms with Gasteiger partial charge < -0.3 is 15.3 Å². The Hall–Kier alpha value is -1.63. The number of hydrogen-bond donors (Lipinski definition) is 2. The van der Waals surface area contributed by atoms with E-state index in [1.807, 2.05) is 0 Å². The standard InChI is InChI=1S/C13H16BrFN2O3/c1-13(2,3)17(7-11(18)19)12(20)16-10-6-8(15)4-5-9(10)14/h4-6H,7H2,1-3H3,(H,16,20)(H,18,19). The van der Waals surface area contributed by atoms with Crippen LogP contribution in [-0.4, -0.2) is 34.1 Å². The van der Waals surface area contributed by atoms with Gasteiger partial charge in [0.15, 0.2) is 0 Å². The van der Waals surface area contributed by atoms with Gasteiger partial charge in [0.05, 0.1) is 5.69 Å². The van der Waals surface area contributed by atoms with Crippen LogP contribution in [0.4, 0.5) is 14.9 Å². The monoisotopic (exact) mass is 346 g/mol. The third-order valence-electron chi connectivity index (χ3n) is 2.52. The summed E-state index contributed by atoms with van der Waals surface area (Å²) in [6, 6.07) is 3.26. The summed E-state index contributed by atoms with van der Waals surface area (Å²) in [5.74, 6) is -1.61. The van der Waals surface area contributed by atoms with E-state index in [9.17, 15) is 14.0 Å². The minimum Gasteiger partial charge on any atom is -0.480 e. The molecule has 7 heteroatoms. The first kappa shape index (κ1) is 16.4. The number of carboxylic acids is 1. The van der Waals surface area contributed by atoms with Gasteiger partial charge in [0.1, 0.15) is 12.4 Å². The predicted octanol–water partition coefficient (Wildman–Crippen LogP) is 3.31. The zero-order valence-electron chi connectivity index (χ0n) is 11.4. The summed E-state index contributed by atoms with van der Waals surface area (Å²) in [4.78, 5) is 24.2. The van der Waals surface area contributed by atoms with Gasteiger partial charge >= 0.3 is 12.0 Å². The van der Waals surface area contributed by atoms with Gasteiger partial charge in [0.2, 0.25) is 0 Å². The number of nitrogens with one attached hydrogen (secondary N) is 1. The molecule has 1 rings (SSSR count). The highest BCUT2D eigenvalue weighted by atomic mass is 79.9. The van der Waals surface area contributed by atoms with Crippen molar-refractivity contribution in [1.29, 1.82) is 0 Å². The molecule has 0 spiro atoms. The molecule has 1 aromatic carbocycles. The topological polar surface area (TPSA) is 69.6 Å². The van der Waals surface area contributed by atoms with E-state index in [2.05, 4.69) is 21.2 Å². The minimum absolute atomic E-state index is 0.245. The number of halogens is 2. The first-order valence-electron chi connectivity index (χ1n) is 5.86. The molecule has 2 N–H and O–H groups in total. The molecule has 2 amide bonds. The minimum atomic E-state index is -1.12. The molecular weight excluding hydrogens is 331 g/mol. The quantitative estimate of drug-likeness (QED) is 0.881. The Morgan fingerprint density at radius 1 is 1.40 bits per heavy atom. The maximum Gasteiger partial charge on any atom is 0.323 e. The van der Waals surface area contributed by atoms with E-state index in [0.717, 1.165) is 11.0 Å². The summed E-state index contributed by atoms with van der Waals surface area (Å²) in [5.41, 5.74) is -0.433. The highest BCUT2D eigenvalue weighted by Crippen LogP contribution is 2.24. The largest absolute Gasteiger partial charge is 0.480 e. The van der Waals surface area contributed by atoms with Crippen LogP contribution in [0.1, 0.15) is 20.8 Å². The number of carbonyl (C=O) groups is 2. The van der Waals surface area contributed by atoms with E-state index in [0.29, 0.717) is 4.47 Å². The van der Waals surface area contributed by atoms with Crippen LogP contribution in [0.15, 0.2) is 22.7 Å². The van der Waals surface area contributed by atoms with E-state index < -0.39 is 29.9 Å². The maximum absolute atomic E-state index is 13.2. The number of rotatable bonds is 3. The molecule has 0 atom stereocenters. The highest BCUT2D eigenvalue weighted by Gasteiger charge is 2.28. The number of nitrogens with zero attached hydrogens (tertiary/aromatic N) is 1. The molecule has 0 aliphatic rings. The highest BCUT2D eigenvalue weighted by molar-refractivity contribution is 9.10. The number of carbonyl (C=O) groups excluding carboxylic acids is 1. The van der Waals surface area contributed by atoms with Crippen LogP contribution in [0.2, 0.25) is 0 Å². The van der Waals surface area contributed by atoms with E-state index in [-0.39, 0.29) is 5.69 Å². The number of carboxylic acid groups (broad SMARTS) is 1. The van der Waals surface area contributed by atoms with Crippen LogP contribution in [0.3, 0.4) is 0 Å². The number of urea groups is 1. The molecule has 20 heavy (non-hydrogen) atoms. The normalized spacial score (nSPS) is 11.1. The molecule has 0 heterocycles. The van der Waals surface area contributed by atoms with Crippen LogP contribution in [0, 0.1) is 5.82 Å². The maximum atomic E-state index is 13.2. The number of anilines is 1. The second-order valence-electron chi connectivity index (χ2n) is 5.21. The van der Waals surface area contributed by atoms with Gasteiger partial charge in [-0.25, -0.2) is 9.18 Å². The summed E-state index contributed by atoms with van der Waals surface area (Å²) in [7, 11) is 0. The Kier molecular flexibility index (Phi) is 5.10.